The summed E-state index contributed by atoms with van der Waals surface area (Å²) in [7, 11) is 0. The maximum atomic E-state index is 12.4. The Morgan fingerprint density at radius 1 is 1.08 bits per heavy atom. The number of carbonyl (C=O) groups excluding carboxylic acids is 2. The molecule has 6 heteroatoms. The average Bonchev–Trinajstić information content (AvgIpc) is 2.55. The average molecular weight is 335 g/mol. The van der Waals surface area contributed by atoms with Gasteiger partial charge in [-0.05, 0) is 51.0 Å². The molecule has 1 rings (SSSR count). The number of anilines is 2. The lowest BCUT2D eigenvalue weighted by Crippen LogP contribution is -2.47. The van der Waals surface area contributed by atoms with Crippen molar-refractivity contribution < 1.29 is 14.3 Å². The molecule has 1 unspecified atom stereocenters. The Kier molecular flexibility index (Phi) is 8.09. The molecule has 0 radical (unpaired) electrons. The summed E-state index contributed by atoms with van der Waals surface area (Å²) in [6, 6.07) is 7.05. The van der Waals surface area contributed by atoms with Crippen molar-refractivity contribution >= 4 is 23.4 Å². The Bertz CT molecular complexity index is 525. The Morgan fingerprint density at radius 2 is 1.67 bits per heavy atom. The summed E-state index contributed by atoms with van der Waals surface area (Å²) >= 11 is 0. The minimum Gasteiger partial charge on any atom is -0.450 e. The third-order valence-electron chi connectivity index (χ3n) is 3.76. The molecule has 134 valence electrons. The van der Waals surface area contributed by atoms with E-state index >= 15 is 0 Å². The molecule has 2 amide bonds. The van der Waals surface area contributed by atoms with Crippen LogP contribution in [-0.2, 0) is 9.53 Å². The minimum absolute atomic E-state index is 0.0515. The van der Waals surface area contributed by atoms with E-state index in [4.69, 9.17) is 4.74 Å². The number of hydrogen-bond donors (Lipinski definition) is 2. The highest BCUT2D eigenvalue weighted by atomic mass is 16.5. The number of carbonyl (C=O) groups is 2. The molecular formula is C18H29N3O3. The van der Waals surface area contributed by atoms with Gasteiger partial charge >= 0.3 is 6.09 Å². The van der Waals surface area contributed by atoms with Crippen molar-refractivity contribution in [3.63, 3.8) is 0 Å². The fourth-order valence-corrected chi connectivity index (χ4v) is 2.40. The van der Waals surface area contributed by atoms with Gasteiger partial charge in [-0.3, -0.25) is 4.79 Å². The Labute approximate surface area is 144 Å². The van der Waals surface area contributed by atoms with Gasteiger partial charge in [0.05, 0.1) is 6.61 Å². The van der Waals surface area contributed by atoms with E-state index in [0.717, 1.165) is 18.8 Å². The second-order valence-corrected chi connectivity index (χ2v) is 5.79. The molecular weight excluding hydrogens is 306 g/mol. The first kappa shape index (κ1) is 19.8. The molecule has 0 saturated carbocycles. The van der Waals surface area contributed by atoms with Crippen LogP contribution in [0.4, 0.5) is 16.2 Å². The van der Waals surface area contributed by atoms with Crippen LogP contribution in [0.25, 0.3) is 0 Å². The second-order valence-electron chi connectivity index (χ2n) is 5.79. The van der Waals surface area contributed by atoms with Crippen LogP contribution in [0, 0.1) is 5.92 Å². The number of amides is 2. The van der Waals surface area contributed by atoms with E-state index in [2.05, 4.69) is 29.4 Å². The summed E-state index contributed by atoms with van der Waals surface area (Å²) < 4.78 is 4.85. The Hall–Kier alpha value is -2.24. The first-order valence-electron chi connectivity index (χ1n) is 8.52. The van der Waals surface area contributed by atoms with E-state index in [1.807, 2.05) is 38.1 Å². The van der Waals surface area contributed by atoms with Crippen LogP contribution in [0.1, 0.15) is 34.6 Å². The zero-order valence-electron chi connectivity index (χ0n) is 15.3. The van der Waals surface area contributed by atoms with E-state index < -0.39 is 12.1 Å². The molecule has 1 aromatic rings. The molecule has 24 heavy (non-hydrogen) atoms. The summed E-state index contributed by atoms with van der Waals surface area (Å²) in [5.41, 5.74) is 1.82. The van der Waals surface area contributed by atoms with Crippen LogP contribution in [0.2, 0.25) is 0 Å². The molecule has 1 aromatic carbocycles. The van der Waals surface area contributed by atoms with Crippen LogP contribution in [0.3, 0.4) is 0 Å². The Balaban J connectivity index is 2.75. The molecule has 0 heterocycles. The molecule has 0 aliphatic heterocycles. The summed E-state index contributed by atoms with van der Waals surface area (Å²) in [4.78, 5) is 26.2. The standard InChI is InChI=1S/C18H29N3O3/c1-6-21(7-2)15-11-9-14(10-12-15)19-17(22)16(13(4)5)20-18(23)24-8-3/h9-13,16H,6-8H2,1-5H3,(H,19,22)(H,20,23). The van der Waals surface area contributed by atoms with Crippen LogP contribution >= 0.6 is 0 Å². The normalized spacial score (nSPS) is 11.8. The van der Waals surface area contributed by atoms with Gasteiger partial charge in [-0.25, -0.2) is 4.79 Å². The molecule has 2 N–H and O–H groups in total. The van der Waals surface area contributed by atoms with Gasteiger partial charge < -0.3 is 20.3 Å². The third kappa shape index (κ3) is 5.76. The van der Waals surface area contributed by atoms with Gasteiger partial charge in [-0.1, -0.05) is 13.8 Å². The van der Waals surface area contributed by atoms with Crippen molar-refractivity contribution in [3.05, 3.63) is 24.3 Å². The maximum absolute atomic E-state index is 12.4. The minimum atomic E-state index is -0.647. The molecule has 1 atom stereocenters. The lowest BCUT2D eigenvalue weighted by molar-refractivity contribution is -0.119. The fourth-order valence-electron chi connectivity index (χ4n) is 2.40. The second kappa shape index (κ2) is 9.80. The third-order valence-corrected chi connectivity index (χ3v) is 3.76. The molecule has 0 bridgehead atoms. The molecule has 0 saturated heterocycles. The van der Waals surface area contributed by atoms with E-state index in [1.165, 1.54) is 0 Å². The number of rotatable bonds is 8. The van der Waals surface area contributed by atoms with Crippen LogP contribution in [-0.4, -0.2) is 37.7 Å². The number of nitrogens with zero attached hydrogens (tertiary/aromatic N) is 1. The molecule has 6 nitrogen and oxygen atoms in total. The number of hydrogen-bond acceptors (Lipinski definition) is 4. The predicted molar refractivity (Wildman–Crippen MR) is 97.4 cm³/mol. The Morgan fingerprint density at radius 3 is 2.12 bits per heavy atom. The van der Waals surface area contributed by atoms with E-state index in [0.29, 0.717) is 5.69 Å². The number of alkyl carbamates (subject to hydrolysis) is 1. The van der Waals surface area contributed by atoms with Gasteiger partial charge in [0.25, 0.3) is 0 Å². The quantitative estimate of drug-likeness (QED) is 0.765. The van der Waals surface area contributed by atoms with Gasteiger partial charge in [-0.2, -0.15) is 0 Å². The summed E-state index contributed by atoms with van der Waals surface area (Å²) in [6.45, 7) is 11.8. The van der Waals surface area contributed by atoms with Crippen LogP contribution in [0.5, 0.6) is 0 Å². The monoisotopic (exact) mass is 335 g/mol. The fraction of sp³-hybridized carbons (Fsp3) is 0.556. The highest BCUT2D eigenvalue weighted by Crippen LogP contribution is 2.18. The lowest BCUT2D eigenvalue weighted by atomic mass is 10.0. The number of ether oxygens (including phenoxy) is 1. The molecule has 0 aliphatic carbocycles. The molecule has 0 spiro atoms. The van der Waals surface area contributed by atoms with Crippen molar-refractivity contribution in [2.75, 3.05) is 29.9 Å². The summed E-state index contributed by atoms with van der Waals surface area (Å²) in [5, 5.41) is 5.45. The van der Waals surface area contributed by atoms with E-state index in [1.54, 1.807) is 6.92 Å². The van der Waals surface area contributed by atoms with E-state index in [9.17, 15) is 9.59 Å². The van der Waals surface area contributed by atoms with Crippen LogP contribution in [0.15, 0.2) is 24.3 Å². The zero-order valence-corrected chi connectivity index (χ0v) is 15.3. The maximum Gasteiger partial charge on any atom is 0.407 e. The number of benzene rings is 1. The molecule has 0 aromatic heterocycles. The topological polar surface area (TPSA) is 70.7 Å². The molecule has 0 aliphatic rings. The lowest BCUT2D eigenvalue weighted by Gasteiger charge is -2.23. The first-order valence-corrected chi connectivity index (χ1v) is 8.52. The van der Waals surface area contributed by atoms with Crippen molar-refractivity contribution in [3.8, 4) is 0 Å². The van der Waals surface area contributed by atoms with Crippen molar-refractivity contribution in [2.24, 2.45) is 5.92 Å². The number of nitrogens with one attached hydrogen (secondary N) is 2. The molecule has 0 fully saturated rings. The summed E-state index contributed by atoms with van der Waals surface area (Å²) in [5.74, 6) is -0.307. The van der Waals surface area contributed by atoms with Gasteiger partial charge in [0, 0.05) is 24.5 Å². The highest BCUT2D eigenvalue weighted by molar-refractivity contribution is 5.96. The summed E-state index contributed by atoms with van der Waals surface area (Å²) in [6.07, 6.45) is -0.580. The van der Waals surface area contributed by atoms with Gasteiger partial charge in [0.15, 0.2) is 0 Å². The van der Waals surface area contributed by atoms with Gasteiger partial charge in [0.1, 0.15) is 6.04 Å². The largest absolute Gasteiger partial charge is 0.450 e. The predicted octanol–water partition coefficient (Wildman–Crippen LogP) is 3.24. The van der Waals surface area contributed by atoms with Crippen molar-refractivity contribution in [2.45, 2.75) is 40.7 Å². The highest BCUT2D eigenvalue weighted by Gasteiger charge is 2.24. The first-order chi connectivity index (χ1) is 11.4. The van der Waals surface area contributed by atoms with Gasteiger partial charge in [0.2, 0.25) is 5.91 Å². The van der Waals surface area contributed by atoms with Crippen LogP contribution < -0.4 is 15.5 Å². The SMILES string of the molecule is CCOC(=O)NC(C(=O)Nc1ccc(N(CC)CC)cc1)C(C)C. The van der Waals surface area contributed by atoms with E-state index in [-0.39, 0.29) is 18.4 Å². The smallest absolute Gasteiger partial charge is 0.407 e. The van der Waals surface area contributed by atoms with Gasteiger partial charge in [-0.15, -0.1) is 0 Å². The van der Waals surface area contributed by atoms with Crippen molar-refractivity contribution in [1.82, 2.24) is 5.32 Å². The zero-order chi connectivity index (χ0) is 18.1. The van der Waals surface area contributed by atoms with Crippen molar-refractivity contribution in [1.29, 1.82) is 0 Å².